The Morgan fingerprint density at radius 1 is 1.21 bits per heavy atom. The van der Waals surface area contributed by atoms with Crippen molar-refractivity contribution in [2.75, 3.05) is 13.1 Å². The summed E-state index contributed by atoms with van der Waals surface area (Å²) in [6.45, 7) is -1.24. The molecule has 24 heavy (non-hydrogen) atoms. The molecule has 1 heterocycles. The van der Waals surface area contributed by atoms with E-state index in [1.807, 2.05) is 0 Å². The lowest BCUT2D eigenvalue weighted by Crippen LogP contribution is -2.38. The first-order valence-electron chi connectivity index (χ1n) is 7.75. The van der Waals surface area contributed by atoms with Crippen LogP contribution < -0.4 is 10.1 Å². The number of benzene rings is 1. The molecule has 1 aliphatic heterocycles. The quantitative estimate of drug-likeness (QED) is 0.892. The van der Waals surface area contributed by atoms with Gasteiger partial charge in [-0.3, -0.25) is 9.59 Å². The molecule has 5 nitrogen and oxygen atoms in total. The van der Waals surface area contributed by atoms with Gasteiger partial charge >= 0.3 is 6.18 Å². The van der Waals surface area contributed by atoms with E-state index in [0.29, 0.717) is 11.3 Å². The number of nitrogens with zero attached hydrogens (tertiary/aromatic N) is 1. The molecule has 1 saturated carbocycles. The van der Waals surface area contributed by atoms with Crippen LogP contribution in [-0.2, 0) is 4.79 Å². The molecule has 0 bridgehead atoms. The minimum Gasteiger partial charge on any atom is -0.481 e. The minimum absolute atomic E-state index is 0.0187. The van der Waals surface area contributed by atoms with Gasteiger partial charge in [-0.2, -0.15) is 13.2 Å². The maximum atomic E-state index is 12.4. The van der Waals surface area contributed by atoms with E-state index >= 15 is 0 Å². The maximum absolute atomic E-state index is 12.4. The van der Waals surface area contributed by atoms with Crippen molar-refractivity contribution in [3.05, 3.63) is 29.8 Å². The topological polar surface area (TPSA) is 58.6 Å². The van der Waals surface area contributed by atoms with Crippen LogP contribution in [0.4, 0.5) is 13.2 Å². The van der Waals surface area contributed by atoms with E-state index in [2.05, 4.69) is 5.32 Å². The van der Waals surface area contributed by atoms with E-state index in [1.165, 1.54) is 0 Å². The summed E-state index contributed by atoms with van der Waals surface area (Å²) in [7, 11) is 0. The van der Waals surface area contributed by atoms with Crippen LogP contribution >= 0.6 is 0 Å². The number of halogens is 3. The molecule has 1 aromatic rings. The Labute approximate surface area is 136 Å². The largest absolute Gasteiger partial charge is 0.481 e. The molecular weight excluding hydrogens is 325 g/mol. The highest BCUT2D eigenvalue weighted by Crippen LogP contribution is 2.24. The van der Waals surface area contributed by atoms with Crippen LogP contribution in [0, 0.1) is 0 Å². The summed E-state index contributed by atoms with van der Waals surface area (Å²) in [4.78, 5) is 24.5. The Hall–Kier alpha value is -2.25. The Kier molecular flexibility index (Phi) is 4.38. The van der Waals surface area contributed by atoms with E-state index in [-0.39, 0.29) is 24.9 Å². The number of alkyl halides is 3. The molecular formula is C16H17F3N2O3. The number of carbonyl (C=O) groups excluding carboxylic acids is 2. The average molecular weight is 342 g/mol. The first-order valence-corrected chi connectivity index (χ1v) is 7.75. The Morgan fingerprint density at radius 3 is 2.46 bits per heavy atom. The van der Waals surface area contributed by atoms with Gasteiger partial charge in [-0.25, -0.2) is 0 Å². The van der Waals surface area contributed by atoms with Crippen LogP contribution in [0.3, 0.4) is 0 Å². The first-order chi connectivity index (χ1) is 11.3. The fourth-order valence-corrected chi connectivity index (χ4v) is 2.54. The van der Waals surface area contributed by atoms with Gasteiger partial charge in [0.05, 0.1) is 0 Å². The second-order valence-electron chi connectivity index (χ2n) is 6.04. The predicted octanol–water partition coefficient (Wildman–Crippen LogP) is 2.12. The first kappa shape index (κ1) is 16.6. The minimum atomic E-state index is -4.42. The fourth-order valence-electron chi connectivity index (χ4n) is 2.54. The molecule has 2 fully saturated rings. The highest BCUT2D eigenvalue weighted by molar-refractivity contribution is 5.94. The second kappa shape index (κ2) is 6.33. The van der Waals surface area contributed by atoms with Crippen LogP contribution in [0.5, 0.6) is 5.75 Å². The monoisotopic (exact) mass is 342 g/mol. The summed E-state index contributed by atoms with van der Waals surface area (Å²) in [5.74, 6) is -0.481. The number of nitrogens with one attached hydrogen (secondary N) is 1. The van der Waals surface area contributed by atoms with Crippen molar-refractivity contribution >= 4 is 11.8 Å². The molecule has 0 spiro atoms. The molecule has 1 aliphatic carbocycles. The molecule has 0 radical (unpaired) electrons. The summed E-state index contributed by atoms with van der Waals surface area (Å²) in [6, 6.07) is 6.48. The van der Waals surface area contributed by atoms with Gasteiger partial charge in [-0.05, 0) is 37.1 Å². The number of likely N-dealkylation sites (tertiary alicyclic amines) is 1. The van der Waals surface area contributed by atoms with Crippen LogP contribution in [-0.4, -0.2) is 48.1 Å². The molecule has 1 atom stereocenters. The number of ether oxygens (including phenoxy) is 1. The van der Waals surface area contributed by atoms with E-state index in [0.717, 1.165) is 17.7 Å². The van der Waals surface area contributed by atoms with Crippen molar-refractivity contribution in [3.63, 3.8) is 0 Å². The van der Waals surface area contributed by atoms with Crippen molar-refractivity contribution in [1.29, 1.82) is 0 Å². The van der Waals surface area contributed by atoms with Crippen molar-refractivity contribution in [1.82, 2.24) is 10.2 Å². The summed E-state index contributed by atoms with van der Waals surface area (Å²) in [5, 5.41) is 2.85. The van der Waals surface area contributed by atoms with Gasteiger partial charge in [0.2, 0.25) is 0 Å². The van der Waals surface area contributed by atoms with Gasteiger partial charge in [0.25, 0.3) is 11.8 Å². The molecule has 130 valence electrons. The highest BCUT2D eigenvalue weighted by Gasteiger charge is 2.40. The zero-order valence-corrected chi connectivity index (χ0v) is 12.8. The number of carbonyl (C=O) groups is 2. The van der Waals surface area contributed by atoms with Crippen LogP contribution in [0.15, 0.2) is 24.3 Å². The lowest BCUT2D eigenvalue weighted by molar-refractivity contribution is -0.159. The molecule has 1 N–H and O–H groups in total. The van der Waals surface area contributed by atoms with E-state index < -0.39 is 24.7 Å². The van der Waals surface area contributed by atoms with Crippen LogP contribution in [0.25, 0.3) is 0 Å². The van der Waals surface area contributed by atoms with E-state index in [9.17, 15) is 22.8 Å². The van der Waals surface area contributed by atoms with Gasteiger partial charge in [-0.1, -0.05) is 0 Å². The molecule has 8 heteroatoms. The molecule has 3 rings (SSSR count). The normalized spacial score (nSPS) is 21.0. The van der Waals surface area contributed by atoms with Crippen molar-refractivity contribution < 1.29 is 27.5 Å². The molecule has 1 unspecified atom stereocenters. The van der Waals surface area contributed by atoms with Crippen molar-refractivity contribution in [2.45, 2.75) is 37.6 Å². The summed E-state index contributed by atoms with van der Waals surface area (Å²) in [5.41, 5.74) is 0.477. The summed E-state index contributed by atoms with van der Waals surface area (Å²) < 4.78 is 42.6. The van der Waals surface area contributed by atoms with Crippen LogP contribution in [0.2, 0.25) is 0 Å². The molecule has 1 aromatic carbocycles. The Bertz CT molecular complexity index is 626. The van der Waals surface area contributed by atoms with Gasteiger partial charge in [0, 0.05) is 24.6 Å². The van der Waals surface area contributed by atoms with Gasteiger partial charge in [0.1, 0.15) is 12.3 Å². The molecule has 1 saturated heterocycles. The van der Waals surface area contributed by atoms with Gasteiger partial charge in [0.15, 0.2) is 6.10 Å². The average Bonchev–Trinajstić information content (AvgIpc) is 3.27. The fraction of sp³-hybridized carbons (Fsp3) is 0.500. The maximum Gasteiger partial charge on any atom is 0.406 e. The predicted molar refractivity (Wildman–Crippen MR) is 78.6 cm³/mol. The third-order valence-electron chi connectivity index (χ3n) is 3.93. The van der Waals surface area contributed by atoms with Gasteiger partial charge in [-0.15, -0.1) is 0 Å². The van der Waals surface area contributed by atoms with Crippen molar-refractivity contribution in [3.8, 4) is 5.75 Å². The highest BCUT2D eigenvalue weighted by atomic mass is 19.4. The summed E-state index contributed by atoms with van der Waals surface area (Å²) >= 11 is 0. The third-order valence-corrected chi connectivity index (χ3v) is 3.93. The molecule has 2 aliphatic rings. The van der Waals surface area contributed by atoms with Gasteiger partial charge < -0.3 is 15.0 Å². The smallest absolute Gasteiger partial charge is 0.406 e. The molecule has 0 aromatic heterocycles. The lowest BCUT2D eigenvalue weighted by atomic mass is 10.2. The number of amides is 2. The number of hydrogen-bond donors (Lipinski definition) is 1. The summed E-state index contributed by atoms with van der Waals surface area (Å²) in [6.07, 6.45) is -3.14. The second-order valence-corrected chi connectivity index (χ2v) is 6.04. The zero-order chi connectivity index (χ0) is 17.3. The Balaban J connectivity index is 1.56. The standard InChI is InChI=1S/C16H17F3N2O3/c17-16(18,19)9-21-8-7-13(15(21)23)24-12-5-1-10(2-6-12)14(22)20-11-3-4-11/h1-2,5-6,11,13H,3-4,7-9H2,(H,20,22). The number of hydrogen-bond acceptors (Lipinski definition) is 3. The molecule has 2 amide bonds. The van der Waals surface area contributed by atoms with Crippen LogP contribution in [0.1, 0.15) is 29.6 Å². The SMILES string of the molecule is O=C(NC1CC1)c1ccc(OC2CCN(CC(F)(F)F)C2=O)cc1. The Morgan fingerprint density at radius 2 is 1.88 bits per heavy atom. The zero-order valence-electron chi connectivity index (χ0n) is 12.8. The third kappa shape index (κ3) is 4.18. The van der Waals surface area contributed by atoms with E-state index in [4.69, 9.17) is 4.74 Å². The lowest BCUT2D eigenvalue weighted by Gasteiger charge is -2.18. The number of rotatable bonds is 5. The van der Waals surface area contributed by atoms with E-state index in [1.54, 1.807) is 24.3 Å². The van der Waals surface area contributed by atoms with Crippen molar-refractivity contribution in [2.24, 2.45) is 0 Å².